The van der Waals surface area contributed by atoms with Gasteiger partial charge in [-0.25, -0.2) is 4.79 Å². The van der Waals surface area contributed by atoms with Gasteiger partial charge in [0.1, 0.15) is 26.2 Å². The zero-order valence-electron chi connectivity index (χ0n) is 16.2. The topological polar surface area (TPSA) is 122 Å². The largest absolute Gasteiger partial charge is 0.509 e. The number of nitrogens with zero attached hydrogens (tertiary/aromatic N) is 3. The van der Waals surface area contributed by atoms with Crippen LogP contribution < -0.4 is 0 Å². The molecule has 0 amide bonds. The summed E-state index contributed by atoms with van der Waals surface area (Å²) in [6, 6.07) is 12.1. The van der Waals surface area contributed by atoms with Crippen molar-refractivity contribution >= 4 is 29.1 Å². The van der Waals surface area contributed by atoms with E-state index in [2.05, 4.69) is 4.74 Å². The maximum absolute atomic E-state index is 11.4. The third-order valence-electron chi connectivity index (χ3n) is 4.45. The van der Waals surface area contributed by atoms with Crippen molar-refractivity contribution in [2.24, 2.45) is 0 Å². The van der Waals surface area contributed by atoms with E-state index < -0.39 is 16.0 Å². The van der Waals surface area contributed by atoms with Crippen LogP contribution in [0.15, 0.2) is 48.5 Å². The summed E-state index contributed by atoms with van der Waals surface area (Å²) in [7, 11) is 1.93. The lowest BCUT2D eigenvalue weighted by molar-refractivity contribution is -0.935. The number of quaternary nitrogens is 1. The molecule has 0 unspecified atom stereocenters. The summed E-state index contributed by atoms with van der Waals surface area (Å²) in [6.07, 6.45) is -0.873. The zero-order valence-corrected chi connectivity index (χ0v) is 17.0. The highest BCUT2D eigenvalue weighted by atomic mass is 35.5. The van der Waals surface area contributed by atoms with Crippen LogP contribution in [0.25, 0.3) is 0 Å². The Labute approximate surface area is 177 Å². The van der Waals surface area contributed by atoms with E-state index in [-0.39, 0.29) is 24.0 Å². The van der Waals surface area contributed by atoms with Crippen molar-refractivity contribution < 1.29 is 28.6 Å². The second-order valence-electron chi connectivity index (χ2n) is 6.86. The van der Waals surface area contributed by atoms with E-state index in [1.54, 1.807) is 24.3 Å². The molecule has 2 rings (SSSR count). The minimum Gasteiger partial charge on any atom is -0.428 e. The predicted molar refractivity (Wildman–Crippen MR) is 108 cm³/mol. The van der Waals surface area contributed by atoms with E-state index in [9.17, 15) is 25.0 Å². The van der Waals surface area contributed by atoms with E-state index in [0.717, 1.165) is 11.1 Å². The number of hydrogen-bond acceptors (Lipinski definition) is 7. The first-order valence-corrected chi connectivity index (χ1v) is 9.41. The van der Waals surface area contributed by atoms with Crippen molar-refractivity contribution in [3.05, 3.63) is 79.9 Å². The van der Waals surface area contributed by atoms with Crippen molar-refractivity contribution in [2.75, 3.05) is 26.3 Å². The number of ether oxygens (including phenoxy) is 2. The fourth-order valence-corrected chi connectivity index (χ4v) is 3.07. The molecule has 0 saturated carbocycles. The summed E-state index contributed by atoms with van der Waals surface area (Å²) >= 11 is 5.33. The number of nitro groups is 2. The number of benzene rings is 2. The molecule has 0 spiro atoms. The number of alkyl halides is 1. The van der Waals surface area contributed by atoms with Gasteiger partial charge in [-0.05, 0) is 24.3 Å². The molecule has 2 aromatic carbocycles. The molecule has 11 heteroatoms. The van der Waals surface area contributed by atoms with E-state index in [1.807, 2.05) is 7.05 Å². The molecule has 0 heterocycles. The first-order chi connectivity index (χ1) is 14.2. The lowest BCUT2D eigenvalue weighted by Gasteiger charge is -2.34. The predicted octanol–water partition coefficient (Wildman–Crippen LogP) is 4.00. The number of hydrogen-bond donors (Lipinski definition) is 0. The Balaban J connectivity index is 2.16. The fraction of sp³-hybridized carbons (Fsp3) is 0.316. The summed E-state index contributed by atoms with van der Waals surface area (Å²) in [6.45, 7) is 1.45. The van der Waals surface area contributed by atoms with Crippen molar-refractivity contribution in [2.45, 2.75) is 13.1 Å². The van der Waals surface area contributed by atoms with Crippen LogP contribution in [0, 0.1) is 20.2 Å². The SMILES string of the molecule is C[N+](CCOC(=O)OCCl)(Cc1ccc([N+](=O)[O-])cc1)Cc1ccc([N+](=O)[O-])cc1. The monoisotopic (exact) mass is 438 g/mol. The molecule has 0 N–H and O–H groups in total. The van der Waals surface area contributed by atoms with Crippen LogP contribution in [0.4, 0.5) is 16.2 Å². The van der Waals surface area contributed by atoms with Crippen LogP contribution in [-0.4, -0.2) is 46.8 Å². The van der Waals surface area contributed by atoms with Gasteiger partial charge >= 0.3 is 6.16 Å². The number of rotatable bonds is 10. The number of carbonyl (C=O) groups is 1. The van der Waals surface area contributed by atoms with Gasteiger partial charge in [-0.1, -0.05) is 11.6 Å². The molecule has 0 atom stereocenters. The number of nitro benzene ring substituents is 2. The highest BCUT2D eigenvalue weighted by Crippen LogP contribution is 2.21. The smallest absolute Gasteiger partial charge is 0.428 e. The molecule has 10 nitrogen and oxygen atoms in total. The Morgan fingerprint density at radius 1 is 0.900 bits per heavy atom. The summed E-state index contributed by atoms with van der Waals surface area (Å²) in [4.78, 5) is 32.2. The first kappa shape index (κ1) is 23.0. The maximum atomic E-state index is 11.4. The molecule has 2 aromatic rings. The summed E-state index contributed by atoms with van der Waals surface area (Å²) in [5, 5.41) is 21.7. The lowest BCUT2D eigenvalue weighted by Crippen LogP contribution is -2.45. The number of non-ortho nitro benzene ring substituents is 2. The fourth-order valence-electron chi connectivity index (χ4n) is 2.98. The van der Waals surface area contributed by atoms with E-state index in [0.29, 0.717) is 24.1 Å². The Kier molecular flexibility index (Phi) is 8.07. The Bertz CT molecular complexity index is 829. The van der Waals surface area contributed by atoms with Crippen molar-refractivity contribution in [3.8, 4) is 0 Å². The summed E-state index contributed by atoms with van der Waals surface area (Å²) in [5.74, 6) is 0. The summed E-state index contributed by atoms with van der Waals surface area (Å²) < 4.78 is 9.93. The lowest BCUT2D eigenvalue weighted by atomic mass is 10.1. The quantitative estimate of drug-likeness (QED) is 0.180. The van der Waals surface area contributed by atoms with Crippen molar-refractivity contribution in [1.82, 2.24) is 0 Å². The van der Waals surface area contributed by atoms with Crippen LogP contribution in [0.2, 0.25) is 0 Å². The van der Waals surface area contributed by atoms with Crippen LogP contribution in [0.3, 0.4) is 0 Å². The molecule has 0 aliphatic carbocycles. The van der Waals surface area contributed by atoms with Gasteiger partial charge in [-0.15, -0.1) is 0 Å². The van der Waals surface area contributed by atoms with E-state index in [1.165, 1.54) is 24.3 Å². The molecular weight excluding hydrogens is 418 g/mol. The third kappa shape index (κ3) is 6.98. The third-order valence-corrected chi connectivity index (χ3v) is 4.56. The van der Waals surface area contributed by atoms with Gasteiger partial charge in [-0.3, -0.25) is 20.2 Å². The number of likely N-dealkylation sites (N-methyl/N-ethyl adjacent to an activating group) is 1. The van der Waals surface area contributed by atoms with Crippen LogP contribution >= 0.6 is 11.6 Å². The van der Waals surface area contributed by atoms with Gasteiger partial charge in [0.2, 0.25) is 0 Å². The second-order valence-corrected chi connectivity index (χ2v) is 7.08. The van der Waals surface area contributed by atoms with Crippen LogP contribution in [0.1, 0.15) is 11.1 Å². The number of halogens is 1. The first-order valence-electron chi connectivity index (χ1n) is 8.88. The van der Waals surface area contributed by atoms with Crippen LogP contribution in [-0.2, 0) is 22.6 Å². The van der Waals surface area contributed by atoms with Crippen molar-refractivity contribution in [3.63, 3.8) is 0 Å². The van der Waals surface area contributed by atoms with Gasteiger partial charge in [0.25, 0.3) is 11.4 Å². The molecule has 0 radical (unpaired) electrons. The average molecular weight is 439 g/mol. The molecular formula is C19H21ClN3O7+. The Morgan fingerprint density at radius 3 is 1.70 bits per heavy atom. The normalized spacial score (nSPS) is 11.0. The Hall–Kier alpha value is -3.24. The minimum absolute atomic E-state index is 0.00419. The average Bonchev–Trinajstić information content (AvgIpc) is 2.69. The molecule has 0 aliphatic heterocycles. The molecule has 160 valence electrons. The molecule has 0 bridgehead atoms. The second kappa shape index (κ2) is 10.5. The van der Waals surface area contributed by atoms with Crippen molar-refractivity contribution in [1.29, 1.82) is 0 Å². The molecule has 0 aromatic heterocycles. The van der Waals surface area contributed by atoms with Gasteiger partial charge in [-0.2, -0.15) is 0 Å². The van der Waals surface area contributed by atoms with Gasteiger partial charge in [0.15, 0.2) is 6.07 Å². The molecule has 0 aliphatic rings. The maximum Gasteiger partial charge on any atom is 0.509 e. The van der Waals surface area contributed by atoms with E-state index in [4.69, 9.17) is 16.3 Å². The standard InChI is InChI=1S/C19H21ClN3O7/c1-23(10-11-29-19(24)30-14-20,12-15-2-6-17(7-3-15)21(25)26)13-16-4-8-18(9-5-16)22(27)28/h2-9H,10-14H2,1H3/q+1. The summed E-state index contributed by atoms with van der Waals surface area (Å²) in [5.41, 5.74) is 1.70. The Morgan fingerprint density at radius 2 is 1.33 bits per heavy atom. The molecule has 0 fully saturated rings. The molecule has 0 saturated heterocycles. The van der Waals surface area contributed by atoms with E-state index >= 15 is 0 Å². The van der Waals surface area contributed by atoms with Gasteiger partial charge < -0.3 is 14.0 Å². The minimum atomic E-state index is -0.873. The van der Waals surface area contributed by atoms with Gasteiger partial charge in [0.05, 0.1) is 16.9 Å². The highest BCUT2D eigenvalue weighted by molar-refractivity contribution is 6.17. The highest BCUT2D eigenvalue weighted by Gasteiger charge is 2.24. The number of carbonyl (C=O) groups excluding carboxylic acids is 1. The van der Waals surface area contributed by atoms with Crippen LogP contribution in [0.5, 0.6) is 0 Å². The molecule has 30 heavy (non-hydrogen) atoms. The zero-order chi connectivity index (χ0) is 22.1. The van der Waals surface area contributed by atoms with Gasteiger partial charge in [0, 0.05) is 35.4 Å².